The number of likely N-dealkylation sites (N-methyl/N-ethyl adjacent to an activating group) is 1. The third-order valence-corrected chi connectivity index (χ3v) is 23.6. The Hall–Kier alpha value is -13.8. The van der Waals surface area contributed by atoms with Crippen molar-refractivity contribution in [3.63, 3.8) is 0 Å². The quantitative estimate of drug-likeness (QED) is 0.0266. The van der Waals surface area contributed by atoms with Gasteiger partial charge in [0.15, 0.2) is 0 Å². The van der Waals surface area contributed by atoms with Crippen LogP contribution in [0.2, 0.25) is 0 Å². The third-order valence-electron chi connectivity index (χ3n) is 22.6. The standard InChI is InChI=1S/C93H129N21O21S/c1-47(2)34-64-82(124)102-63(24-18-19-33-94)81(123)104-65(35-48(3)4)87(129)112-77(50(7)8)91(133)113-78(53(11)115)92(134)110-72(89(131)100-51(9)79(96)121)44-136-45-74(118)101-69(40-73(95)117)85(127)105-66(37-55-27-31-60(116)32-28-55)83(125)107-70(41-75(119)120)86(128)106-68(38-58-42-98-62-23-17-16-22-61(58)62)88(130)111-76(49(5)6)90(132)108-67(36-54-25-29-57(30-26-54)56-20-14-13-15-21-56)84(126)109-71(39-59-43-97-46-99-59)93(135)114(12)52(10)80(122)103-64/h13-17,20-23,25-32,42-43,46-53,63-72,76-78,98,115-116H,18-19,24,33-41,44-45,94H2,1-12H3,(H2,95,117)(H2,96,121)(H,97,99)(H,100,131)(H,101,118)(H,102,124)(H,103,122)(H,104,123)(H,105,127)(H,106,128)(H,107,125)(H,108,132)(H,109,126)(H,110,134)(H,111,130)(H,112,129)(H,113,133)(H,119,120)/t51-,52-,53+,63-,64+,65-,66-,67-,68-,69-,70-,71-,72-,76-,77-,78-/m0/s1. The number of hydrogen-bond donors (Lipinski definition) is 22. The number of imidazole rings is 1. The summed E-state index contributed by atoms with van der Waals surface area (Å²) in [5, 5.41) is 68.5. The van der Waals surface area contributed by atoms with Crippen LogP contribution >= 0.6 is 11.8 Å². The van der Waals surface area contributed by atoms with Crippen molar-refractivity contribution in [3.8, 4) is 16.9 Å². The van der Waals surface area contributed by atoms with Gasteiger partial charge < -0.3 is 122 Å². The van der Waals surface area contributed by atoms with Gasteiger partial charge in [-0.2, -0.15) is 0 Å². The van der Waals surface area contributed by atoms with Gasteiger partial charge in [-0.05, 0) is 129 Å². The van der Waals surface area contributed by atoms with E-state index >= 15 is 24.0 Å². The fraction of sp³-hybridized carbons (Fsp3) is 0.495. The number of aromatic nitrogens is 3. The monoisotopic (exact) mass is 1910 g/mol. The Labute approximate surface area is 791 Å². The number of nitrogens with two attached hydrogens (primary N) is 3. The van der Waals surface area contributed by atoms with Crippen molar-refractivity contribution in [2.24, 2.45) is 40.9 Å². The summed E-state index contributed by atoms with van der Waals surface area (Å²) in [4.78, 5) is 272. The molecule has 1 aliphatic rings. The van der Waals surface area contributed by atoms with Crippen molar-refractivity contribution in [2.75, 3.05) is 25.1 Å². The van der Waals surface area contributed by atoms with Gasteiger partial charge in [0.25, 0.3) is 0 Å². The smallest absolute Gasteiger partial charge is 0.305 e. The zero-order valence-corrected chi connectivity index (χ0v) is 79.0. The molecule has 4 aromatic carbocycles. The van der Waals surface area contributed by atoms with Gasteiger partial charge in [0, 0.05) is 67.5 Å². The number of rotatable bonds is 27. The molecule has 42 nitrogen and oxygen atoms in total. The van der Waals surface area contributed by atoms with Crippen LogP contribution in [0.25, 0.3) is 22.0 Å². The minimum Gasteiger partial charge on any atom is -0.508 e. The van der Waals surface area contributed by atoms with Crippen LogP contribution in [0.5, 0.6) is 5.75 Å². The molecule has 3 heterocycles. The SMILES string of the molecule is CC(C)C[C@@H]1NC(=O)[C@H](CCCCN)NC(=O)[C@@H](CC(C)C)NC(=O)[C@H](C)N(C)C(=O)[C@H](Cc2cnc[nH]2)NC(=O)[C@H](Cc2ccc(-c3ccccc3)cc2)NC(=O)[C@H](C(C)C)NC(=O)[C@H](Cc2c[nH]c3ccccc23)NC(=O)[C@H](CC(=O)O)NC(=O)[C@H](Cc2ccc(O)cc2)NC(=O)[C@H](CC(N)=O)NC(=O)CSC[C@@H](C(=O)N[C@@H](C)C(N)=O)NC(=O)[C@H]([C@@H](C)O)NC(=O)[C@H](C(C)C)NC1=O. The van der Waals surface area contributed by atoms with E-state index in [0.29, 0.717) is 45.9 Å². The highest BCUT2D eigenvalue weighted by molar-refractivity contribution is 8.00. The predicted molar refractivity (Wildman–Crippen MR) is 502 cm³/mol. The summed E-state index contributed by atoms with van der Waals surface area (Å²) < 4.78 is 0. The number of para-hydroxylation sites is 1. The number of hydrogen-bond acceptors (Lipinski definition) is 23. The first kappa shape index (κ1) is 109. The number of aromatic hydroxyl groups is 1. The zero-order valence-electron chi connectivity index (χ0n) is 78.2. The van der Waals surface area contributed by atoms with Gasteiger partial charge >= 0.3 is 5.97 Å². The van der Waals surface area contributed by atoms with E-state index in [1.54, 1.807) is 96.3 Å². The lowest BCUT2D eigenvalue weighted by molar-refractivity contribution is -0.142. The Morgan fingerprint density at radius 2 is 0.949 bits per heavy atom. The molecule has 16 atom stereocenters. The molecule has 0 aliphatic carbocycles. The minimum atomic E-state index is -2.12. The summed E-state index contributed by atoms with van der Waals surface area (Å²) in [7, 11) is 1.28. The van der Waals surface area contributed by atoms with E-state index in [4.69, 9.17) is 17.2 Å². The van der Waals surface area contributed by atoms with Crippen LogP contribution in [0.1, 0.15) is 143 Å². The number of carbonyl (C=O) groups excluding carboxylic acids is 17. The number of carboxylic acids is 1. The average Bonchev–Trinajstić information content (AvgIpc) is 1.59. The maximum atomic E-state index is 15.5. The van der Waals surface area contributed by atoms with Gasteiger partial charge in [-0.15, -0.1) is 11.8 Å². The molecule has 0 unspecified atom stereocenters. The fourth-order valence-electron chi connectivity index (χ4n) is 14.9. The minimum absolute atomic E-state index is 0.0320. The lowest BCUT2D eigenvalue weighted by atomic mass is 9.98. The number of aliphatic carboxylic acids is 1. The zero-order chi connectivity index (χ0) is 100. The Morgan fingerprint density at radius 3 is 1.49 bits per heavy atom. The van der Waals surface area contributed by atoms with E-state index < -0.39 is 252 Å². The summed E-state index contributed by atoms with van der Waals surface area (Å²) in [6.45, 7) is 17.1. The van der Waals surface area contributed by atoms with Crippen LogP contribution in [0, 0.1) is 23.7 Å². The molecule has 136 heavy (non-hydrogen) atoms. The van der Waals surface area contributed by atoms with Crippen molar-refractivity contribution in [2.45, 2.75) is 244 Å². The molecular formula is C93H129N21O21S. The van der Waals surface area contributed by atoms with E-state index in [2.05, 4.69) is 89.4 Å². The number of aliphatic hydroxyl groups is 1. The topological polar surface area (TPSA) is 662 Å². The Balaban J connectivity index is 1.33. The van der Waals surface area contributed by atoms with Crippen LogP contribution in [0.15, 0.2) is 122 Å². The van der Waals surface area contributed by atoms with E-state index in [9.17, 15) is 77.6 Å². The van der Waals surface area contributed by atoms with Gasteiger partial charge in [-0.25, -0.2) is 4.98 Å². The Bertz CT molecular complexity index is 5150. The number of nitrogens with zero attached hydrogens (tertiary/aromatic N) is 2. The van der Waals surface area contributed by atoms with Crippen molar-refractivity contribution in [3.05, 3.63) is 144 Å². The second kappa shape index (κ2) is 52.7. The summed E-state index contributed by atoms with van der Waals surface area (Å²) in [5.74, 6) is -23.3. The fourth-order valence-corrected chi connectivity index (χ4v) is 15.7. The molecule has 0 radical (unpaired) electrons. The summed E-state index contributed by atoms with van der Waals surface area (Å²) in [5.41, 5.74) is 20.7. The number of aromatic amines is 2. The van der Waals surface area contributed by atoms with Crippen LogP contribution in [0.3, 0.4) is 0 Å². The molecule has 1 aliphatic heterocycles. The highest BCUT2D eigenvalue weighted by Gasteiger charge is 2.42. The lowest BCUT2D eigenvalue weighted by Crippen LogP contribution is -2.62. The van der Waals surface area contributed by atoms with Gasteiger partial charge in [-0.3, -0.25) is 86.3 Å². The number of H-pyrrole nitrogens is 2. The largest absolute Gasteiger partial charge is 0.508 e. The number of carbonyl (C=O) groups is 18. The predicted octanol–water partition coefficient (Wildman–Crippen LogP) is -1.32. The molecule has 0 bridgehead atoms. The summed E-state index contributed by atoms with van der Waals surface area (Å²) in [6, 6.07) is 3.59. The van der Waals surface area contributed by atoms with E-state index in [-0.39, 0.29) is 68.2 Å². The number of nitrogens with one attached hydrogen (secondary N) is 16. The lowest BCUT2D eigenvalue weighted by Gasteiger charge is -2.32. The Morgan fingerprint density at radius 1 is 0.493 bits per heavy atom. The van der Waals surface area contributed by atoms with Gasteiger partial charge in [0.2, 0.25) is 100 Å². The average molecular weight is 1910 g/mol. The first-order valence-electron chi connectivity index (χ1n) is 45.0. The van der Waals surface area contributed by atoms with Crippen molar-refractivity contribution >= 4 is 129 Å². The number of thioether (sulfide) groups is 1. The number of amides is 17. The van der Waals surface area contributed by atoms with Crippen molar-refractivity contribution < 1.29 is 102 Å². The molecule has 6 aromatic rings. The van der Waals surface area contributed by atoms with Crippen LogP contribution in [0.4, 0.5) is 0 Å². The van der Waals surface area contributed by atoms with Crippen molar-refractivity contribution in [1.29, 1.82) is 0 Å². The number of benzene rings is 4. The number of aliphatic hydroxyl groups excluding tert-OH is 1. The molecule has 25 N–H and O–H groups in total. The molecular weight excluding hydrogens is 1780 g/mol. The molecule has 0 saturated carbocycles. The van der Waals surface area contributed by atoms with E-state index in [0.717, 1.165) is 23.0 Å². The number of phenolic OH excluding ortho intramolecular Hbond substituents is 1. The molecule has 2 aromatic heterocycles. The number of phenols is 1. The van der Waals surface area contributed by atoms with Crippen LogP contribution in [-0.4, -0.2) is 263 Å². The highest BCUT2D eigenvalue weighted by atomic mass is 32.2. The Kier molecular flexibility index (Phi) is 42.3. The number of primary amides is 2. The second-order valence-electron chi connectivity index (χ2n) is 35.4. The molecule has 738 valence electrons. The molecule has 17 amide bonds. The number of carboxylic acid groups (broad SMARTS) is 1. The molecule has 7 rings (SSSR count). The molecule has 0 spiro atoms. The van der Waals surface area contributed by atoms with Gasteiger partial charge in [0.05, 0.1) is 31.0 Å². The van der Waals surface area contributed by atoms with Gasteiger partial charge in [-0.1, -0.05) is 140 Å². The van der Waals surface area contributed by atoms with Crippen molar-refractivity contribution in [1.82, 2.24) is 94.3 Å². The molecule has 1 saturated heterocycles. The summed E-state index contributed by atoms with van der Waals surface area (Å²) >= 11 is 0.617. The highest BCUT2D eigenvalue weighted by Crippen LogP contribution is 2.24. The van der Waals surface area contributed by atoms with E-state index in [1.165, 1.54) is 71.5 Å². The maximum Gasteiger partial charge on any atom is 0.305 e. The van der Waals surface area contributed by atoms with Crippen LogP contribution in [-0.2, 0) is 112 Å². The van der Waals surface area contributed by atoms with E-state index in [1.807, 2.05) is 30.3 Å². The summed E-state index contributed by atoms with van der Waals surface area (Å²) in [6.07, 6.45) is -0.654. The number of unbranched alkanes of at least 4 members (excludes halogenated alkanes) is 1. The molecule has 43 heteroatoms. The first-order valence-corrected chi connectivity index (χ1v) is 46.2. The maximum absolute atomic E-state index is 15.5. The molecule has 1 fully saturated rings. The second-order valence-corrected chi connectivity index (χ2v) is 36.5. The number of fused-ring (bicyclic) bond motifs is 1. The third kappa shape index (κ3) is 34.0. The van der Waals surface area contributed by atoms with Gasteiger partial charge in [0.1, 0.15) is 96.4 Å². The van der Waals surface area contributed by atoms with Crippen LogP contribution < -0.4 is 91.6 Å². The normalized spacial score (nSPS) is 23.6. The first-order chi connectivity index (χ1) is 64.3.